The first kappa shape index (κ1) is 19.0. The topological polar surface area (TPSA) is 97.2 Å². The number of halogens is 2. The van der Waals surface area contributed by atoms with Crippen LogP contribution in [0.5, 0.6) is 5.75 Å². The Balaban J connectivity index is 1.45. The van der Waals surface area contributed by atoms with Crippen LogP contribution in [-0.4, -0.2) is 15.9 Å². The highest BCUT2D eigenvalue weighted by atomic mass is 35.5. The van der Waals surface area contributed by atoms with Crippen molar-refractivity contribution in [3.63, 3.8) is 0 Å². The number of imidazole rings is 1. The van der Waals surface area contributed by atoms with Crippen LogP contribution in [0, 0.1) is 0 Å². The first-order valence-corrected chi connectivity index (χ1v) is 9.21. The zero-order valence-corrected chi connectivity index (χ0v) is 16.3. The third-order valence-electron chi connectivity index (χ3n) is 4.02. The summed E-state index contributed by atoms with van der Waals surface area (Å²) in [6.45, 7) is 0.0895. The number of nitrogens with zero attached hydrogens (tertiary/aromatic N) is 1. The summed E-state index contributed by atoms with van der Waals surface area (Å²) in [4.78, 5) is 31.8. The summed E-state index contributed by atoms with van der Waals surface area (Å²) in [5.41, 5.74) is 1.71. The monoisotopic (exact) mass is 429 g/mol. The lowest BCUT2D eigenvalue weighted by Gasteiger charge is -2.07. The minimum Gasteiger partial charge on any atom is -0.482 e. The SMILES string of the molecule is O=C(Nc1nc2ccccc2[nH]1)c1cc(=O)c(OCc2ccc(Cl)c(Cl)c2)co1. The lowest BCUT2D eigenvalue weighted by Crippen LogP contribution is -2.16. The maximum absolute atomic E-state index is 12.3. The molecule has 0 saturated heterocycles. The molecular weight excluding hydrogens is 417 g/mol. The van der Waals surface area contributed by atoms with Gasteiger partial charge in [-0.3, -0.25) is 14.9 Å². The van der Waals surface area contributed by atoms with E-state index in [4.69, 9.17) is 32.4 Å². The van der Waals surface area contributed by atoms with Gasteiger partial charge < -0.3 is 14.1 Å². The van der Waals surface area contributed by atoms with Crippen molar-refractivity contribution in [3.05, 3.63) is 86.4 Å². The van der Waals surface area contributed by atoms with E-state index >= 15 is 0 Å². The maximum Gasteiger partial charge on any atom is 0.293 e. The molecule has 2 aromatic carbocycles. The van der Waals surface area contributed by atoms with Crippen molar-refractivity contribution in [2.24, 2.45) is 0 Å². The fraction of sp³-hybridized carbons (Fsp3) is 0.0500. The number of ether oxygens (including phenoxy) is 1. The van der Waals surface area contributed by atoms with Gasteiger partial charge in [-0.15, -0.1) is 0 Å². The Kier molecular flexibility index (Phi) is 5.24. The number of anilines is 1. The molecule has 0 unspecified atom stereocenters. The van der Waals surface area contributed by atoms with Crippen LogP contribution in [0.3, 0.4) is 0 Å². The predicted molar refractivity (Wildman–Crippen MR) is 110 cm³/mol. The normalized spacial score (nSPS) is 10.8. The number of nitrogens with one attached hydrogen (secondary N) is 2. The number of aromatic nitrogens is 2. The largest absolute Gasteiger partial charge is 0.482 e. The average Bonchev–Trinajstić information content (AvgIpc) is 3.11. The zero-order chi connectivity index (χ0) is 20.4. The highest BCUT2D eigenvalue weighted by molar-refractivity contribution is 6.42. The highest BCUT2D eigenvalue weighted by Gasteiger charge is 2.14. The Morgan fingerprint density at radius 1 is 1.14 bits per heavy atom. The molecule has 0 fully saturated rings. The van der Waals surface area contributed by atoms with Gasteiger partial charge >= 0.3 is 0 Å². The standard InChI is InChI=1S/C20H13Cl2N3O4/c21-12-6-5-11(7-13(12)22)9-28-18-10-29-17(8-16(18)26)19(27)25-20-23-14-3-1-2-4-15(14)24-20/h1-8,10H,9H2,(H2,23,24,25,27). The van der Waals surface area contributed by atoms with Gasteiger partial charge in [-0.25, -0.2) is 4.98 Å². The number of rotatable bonds is 5. The van der Waals surface area contributed by atoms with Crippen LogP contribution in [0.1, 0.15) is 16.1 Å². The molecule has 0 aliphatic rings. The van der Waals surface area contributed by atoms with E-state index in [1.54, 1.807) is 18.2 Å². The Hall–Kier alpha value is -3.29. The van der Waals surface area contributed by atoms with Gasteiger partial charge in [0, 0.05) is 6.07 Å². The van der Waals surface area contributed by atoms with E-state index in [2.05, 4.69) is 15.3 Å². The molecule has 9 heteroatoms. The molecule has 7 nitrogen and oxygen atoms in total. The third kappa shape index (κ3) is 4.26. The molecular formula is C20H13Cl2N3O4. The summed E-state index contributed by atoms with van der Waals surface area (Å²) in [6, 6.07) is 13.4. The zero-order valence-electron chi connectivity index (χ0n) is 14.7. The lowest BCUT2D eigenvalue weighted by molar-refractivity contribution is 0.0992. The molecule has 4 rings (SSSR count). The molecule has 0 aliphatic heterocycles. The first-order valence-electron chi connectivity index (χ1n) is 8.45. The van der Waals surface area contributed by atoms with E-state index in [-0.39, 0.29) is 24.1 Å². The second kappa shape index (κ2) is 7.98. The second-order valence-corrected chi connectivity index (χ2v) is 6.88. The van der Waals surface area contributed by atoms with Crippen LogP contribution in [0.25, 0.3) is 11.0 Å². The molecule has 0 spiro atoms. The smallest absolute Gasteiger partial charge is 0.293 e. The number of amides is 1. The molecule has 0 radical (unpaired) electrons. The van der Waals surface area contributed by atoms with Crippen LogP contribution < -0.4 is 15.5 Å². The number of H-pyrrole nitrogens is 1. The van der Waals surface area contributed by atoms with Crippen molar-refractivity contribution in [2.45, 2.75) is 6.61 Å². The van der Waals surface area contributed by atoms with E-state index in [1.165, 1.54) is 0 Å². The number of carbonyl (C=O) groups excluding carboxylic acids is 1. The Morgan fingerprint density at radius 2 is 1.97 bits per heavy atom. The molecule has 0 atom stereocenters. The highest BCUT2D eigenvalue weighted by Crippen LogP contribution is 2.23. The number of benzene rings is 2. The Morgan fingerprint density at radius 3 is 2.72 bits per heavy atom. The van der Waals surface area contributed by atoms with E-state index in [0.29, 0.717) is 15.6 Å². The summed E-state index contributed by atoms with van der Waals surface area (Å²) in [7, 11) is 0. The summed E-state index contributed by atoms with van der Waals surface area (Å²) in [5.74, 6) is -0.565. The number of aromatic amines is 1. The first-order chi connectivity index (χ1) is 14.0. The van der Waals surface area contributed by atoms with Crippen LogP contribution in [0.15, 0.2) is 64.0 Å². The van der Waals surface area contributed by atoms with Crippen molar-refractivity contribution in [1.29, 1.82) is 0 Å². The van der Waals surface area contributed by atoms with Crippen LogP contribution in [-0.2, 0) is 6.61 Å². The lowest BCUT2D eigenvalue weighted by atomic mass is 10.2. The van der Waals surface area contributed by atoms with Gasteiger partial charge in [0.2, 0.25) is 17.1 Å². The van der Waals surface area contributed by atoms with Crippen LogP contribution in [0.2, 0.25) is 10.0 Å². The number of fused-ring (bicyclic) bond motifs is 1. The van der Waals surface area contributed by atoms with Gasteiger partial charge in [0.05, 0.1) is 21.1 Å². The number of hydrogen-bond acceptors (Lipinski definition) is 5. The van der Waals surface area contributed by atoms with Gasteiger partial charge in [-0.05, 0) is 29.8 Å². The molecule has 1 amide bonds. The molecule has 2 aromatic heterocycles. The molecule has 0 saturated carbocycles. The van der Waals surface area contributed by atoms with E-state index in [0.717, 1.165) is 23.4 Å². The number of para-hydroxylation sites is 2. The predicted octanol–water partition coefficient (Wildman–Crippen LogP) is 4.65. The molecule has 0 bridgehead atoms. The fourth-order valence-corrected chi connectivity index (χ4v) is 2.92. The maximum atomic E-state index is 12.3. The molecule has 146 valence electrons. The van der Waals surface area contributed by atoms with Crippen molar-refractivity contribution >= 4 is 46.1 Å². The number of hydrogen-bond donors (Lipinski definition) is 2. The van der Waals surface area contributed by atoms with E-state index in [9.17, 15) is 9.59 Å². The van der Waals surface area contributed by atoms with Gasteiger partial charge in [0.15, 0.2) is 5.76 Å². The number of carbonyl (C=O) groups is 1. The molecule has 4 aromatic rings. The molecule has 2 N–H and O–H groups in total. The average molecular weight is 430 g/mol. The molecule has 2 heterocycles. The molecule has 0 aliphatic carbocycles. The third-order valence-corrected chi connectivity index (χ3v) is 4.76. The van der Waals surface area contributed by atoms with Gasteiger partial charge in [-0.2, -0.15) is 0 Å². The van der Waals surface area contributed by atoms with Crippen molar-refractivity contribution < 1.29 is 13.9 Å². The summed E-state index contributed by atoms with van der Waals surface area (Å²) in [6.07, 6.45) is 1.09. The van der Waals surface area contributed by atoms with Gasteiger partial charge in [0.25, 0.3) is 5.91 Å². The Bertz CT molecular complexity index is 1230. The van der Waals surface area contributed by atoms with Crippen LogP contribution >= 0.6 is 23.2 Å². The van der Waals surface area contributed by atoms with Gasteiger partial charge in [-0.1, -0.05) is 41.4 Å². The fourth-order valence-electron chi connectivity index (χ4n) is 2.60. The van der Waals surface area contributed by atoms with E-state index < -0.39 is 11.3 Å². The van der Waals surface area contributed by atoms with Crippen molar-refractivity contribution in [3.8, 4) is 5.75 Å². The van der Waals surface area contributed by atoms with Gasteiger partial charge in [0.1, 0.15) is 12.9 Å². The summed E-state index contributed by atoms with van der Waals surface area (Å²) in [5, 5.41) is 3.37. The summed E-state index contributed by atoms with van der Waals surface area (Å²) < 4.78 is 10.7. The molecule has 29 heavy (non-hydrogen) atoms. The Labute approximate surface area is 174 Å². The van der Waals surface area contributed by atoms with Crippen LogP contribution in [0.4, 0.5) is 5.95 Å². The quantitative estimate of drug-likeness (QED) is 0.480. The van der Waals surface area contributed by atoms with E-state index in [1.807, 2.05) is 24.3 Å². The van der Waals surface area contributed by atoms with Crippen molar-refractivity contribution in [2.75, 3.05) is 5.32 Å². The summed E-state index contributed by atoms with van der Waals surface area (Å²) >= 11 is 11.8. The second-order valence-electron chi connectivity index (χ2n) is 6.07. The minimum atomic E-state index is -0.614. The van der Waals surface area contributed by atoms with Crippen molar-refractivity contribution in [1.82, 2.24) is 9.97 Å². The minimum absolute atomic E-state index is 0.0311.